The summed E-state index contributed by atoms with van der Waals surface area (Å²) in [6.45, 7) is 4.58. The van der Waals surface area contributed by atoms with Gasteiger partial charge in [-0.25, -0.2) is 4.57 Å². The van der Waals surface area contributed by atoms with Gasteiger partial charge in [-0.2, -0.15) is 0 Å². The minimum Gasteiger partial charge on any atom is -0.414 e. The molecule has 1 saturated heterocycles. The van der Waals surface area contributed by atoms with Gasteiger partial charge in [0.15, 0.2) is 6.29 Å². The van der Waals surface area contributed by atoms with Gasteiger partial charge in [0.25, 0.3) is 0 Å². The standard InChI is InChI=1S/C41H41O8P/c1-2-28-43-40-38(45-30-33-20-10-4-11-21-33)37(44-29-32-18-8-3-9-19-32)39(46-31-34-22-12-5-13-23-34)41(47-40)50(42,48-35-24-14-6-15-25-35)49-36-26-16-7-17-27-36/h2-27,37-41H,1,28-31H2/t37-,38-,39+,40-,41+/m1/s1. The molecule has 0 aromatic heterocycles. The number of para-hydroxylation sites is 2. The molecule has 1 heterocycles. The first-order chi connectivity index (χ1) is 24.6. The molecule has 5 aromatic rings. The van der Waals surface area contributed by atoms with Crippen molar-refractivity contribution in [3.8, 4) is 11.5 Å². The normalized spacial score (nSPS) is 20.5. The maximum Gasteiger partial charge on any atom is 0.462 e. The highest BCUT2D eigenvalue weighted by molar-refractivity contribution is 7.55. The molecular formula is C41H41O8P. The van der Waals surface area contributed by atoms with Gasteiger partial charge in [0.1, 0.15) is 29.8 Å². The number of rotatable bonds is 17. The Morgan fingerprint density at radius 3 is 1.32 bits per heavy atom. The van der Waals surface area contributed by atoms with E-state index in [1.54, 1.807) is 54.6 Å². The van der Waals surface area contributed by atoms with E-state index in [2.05, 4.69) is 6.58 Å². The molecule has 5 atom stereocenters. The monoisotopic (exact) mass is 692 g/mol. The van der Waals surface area contributed by atoms with E-state index in [0.29, 0.717) is 11.5 Å². The van der Waals surface area contributed by atoms with Gasteiger partial charge in [0, 0.05) is 0 Å². The topological polar surface area (TPSA) is 81.7 Å². The largest absolute Gasteiger partial charge is 0.462 e. The lowest BCUT2D eigenvalue weighted by Gasteiger charge is -2.46. The predicted molar refractivity (Wildman–Crippen MR) is 192 cm³/mol. The summed E-state index contributed by atoms with van der Waals surface area (Å²) in [5, 5.41) is 0. The summed E-state index contributed by atoms with van der Waals surface area (Å²) in [4.78, 5) is 0. The van der Waals surface area contributed by atoms with E-state index in [1.807, 2.05) is 103 Å². The Morgan fingerprint density at radius 2 is 0.900 bits per heavy atom. The van der Waals surface area contributed by atoms with Crippen LogP contribution in [0, 0.1) is 0 Å². The Balaban J connectivity index is 1.43. The molecule has 6 rings (SSSR count). The van der Waals surface area contributed by atoms with Crippen molar-refractivity contribution < 1.29 is 37.3 Å². The highest BCUT2D eigenvalue weighted by Crippen LogP contribution is 2.57. The molecule has 9 heteroatoms. The molecule has 50 heavy (non-hydrogen) atoms. The van der Waals surface area contributed by atoms with Crippen LogP contribution in [0.2, 0.25) is 0 Å². The molecule has 0 radical (unpaired) electrons. The average Bonchev–Trinajstić information content (AvgIpc) is 3.16. The third kappa shape index (κ3) is 9.58. The van der Waals surface area contributed by atoms with Gasteiger partial charge >= 0.3 is 7.60 Å². The van der Waals surface area contributed by atoms with Gasteiger partial charge in [0.2, 0.25) is 5.85 Å². The summed E-state index contributed by atoms with van der Waals surface area (Å²) in [5.41, 5.74) is 2.79. The van der Waals surface area contributed by atoms with Crippen LogP contribution < -0.4 is 9.05 Å². The van der Waals surface area contributed by atoms with Crippen molar-refractivity contribution in [2.24, 2.45) is 0 Å². The summed E-state index contributed by atoms with van der Waals surface area (Å²) < 4.78 is 61.0. The lowest BCUT2D eigenvalue weighted by molar-refractivity contribution is -0.308. The Morgan fingerprint density at radius 1 is 0.520 bits per heavy atom. The van der Waals surface area contributed by atoms with Gasteiger partial charge in [-0.1, -0.05) is 133 Å². The van der Waals surface area contributed by atoms with E-state index >= 15 is 4.57 Å². The van der Waals surface area contributed by atoms with Gasteiger partial charge in [-0.3, -0.25) is 0 Å². The number of benzene rings is 5. The van der Waals surface area contributed by atoms with Crippen molar-refractivity contribution in [1.82, 2.24) is 0 Å². The van der Waals surface area contributed by atoms with Crippen LogP contribution in [0.3, 0.4) is 0 Å². The van der Waals surface area contributed by atoms with Crippen molar-refractivity contribution in [3.05, 3.63) is 181 Å². The molecule has 258 valence electrons. The van der Waals surface area contributed by atoms with Crippen LogP contribution >= 0.6 is 7.60 Å². The number of hydrogen-bond acceptors (Lipinski definition) is 8. The maximum absolute atomic E-state index is 15.4. The van der Waals surface area contributed by atoms with Gasteiger partial charge in [0.05, 0.1) is 26.4 Å². The fourth-order valence-corrected chi connectivity index (χ4v) is 7.53. The zero-order valence-corrected chi connectivity index (χ0v) is 28.5. The SMILES string of the molecule is C=CCO[C@@H]1O[C@@H](P(=O)(Oc2ccccc2)Oc2ccccc2)[C@@H](OCc2ccccc2)[C@H](OCc2ccccc2)[C@H]1OCc1ccccc1. The molecule has 0 unspecified atom stereocenters. The van der Waals surface area contributed by atoms with Crippen LogP contribution in [0.5, 0.6) is 11.5 Å². The molecule has 0 aliphatic carbocycles. The van der Waals surface area contributed by atoms with Gasteiger partial charge in [-0.05, 0) is 41.0 Å². The lowest BCUT2D eigenvalue weighted by atomic mass is 10.0. The Hall–Kier alpha value is -4.53. The van der Waals surface area contributed by atoms with Crippen molar-refractivity contribution in [2.75, 3.05) is 6.61 Å². The smallest absolute Gasteiger partial charge is 0.414 e. The highest BCUT2D eigenvalue weighted by atomic mass is 31.2. The predicted octanol–water partition coefficient (Wildman–Crippen LogP) is 8.98. The van der Waals surface area contributed by atoms with E-state index in [0.717, 1.165) is 16.7 Å². The first-order valence-corrected chi connectivity index (χ1v) is 18.2. The molecule has 0 amide bonds. The fraction of sp³-hybridized carbons (Fsp3) is 0.220. The first kappa shape index (κ1) is 35.3. The van der Waals surface area contributed by atoms with E-state index in [1.165, 1.54) is 0 Å². The number of ether oxygens (including phenoxy) is 5. The third-order valence-electron chi connectivity index (χ3n) is 7.97. The zero-order valence-electron chi connectivity index (χ0n) is 27.6. The molecular weight excluding hydrogens is 651 g/mol. The zero-order chi connectivity index (χ0) is 34.4. The van der Waals surface area contributed by atoms with Crippen LogP contribution in [0.25, 0.3) is 0 Å². The van der Waals surface area contributed by atoms with E-state index in [4.69, 9.17) is 32.7 Å². The quantitative estimate of drug-likeness (QED) is 0.0706. The number of hydrogen-bond donors (Lipinski definition) is 0. The summed E-state index contributed by atoms with van der Waals surface area (Å²) in [5.74, 6) is -0.645. The second-order valence-corrected chi connectivity index (χ2v) is 13.6. The molecule has 0 saturated carbocycles. The Bertz CT molecular complexity index is 1710. The van der Waals surface area contributed by atoms with E-state index < -0.39 is 38.0 Å². The molecule has 0 N–H and O–H groups in total. The molecule has 0 spiro atoms. The molecule has 0 bridgehead atoms. The Labute approximate surface area is 293 Å². The summed E-state index contributed by atoms with van der Waals surface area (Å²) in [6, 6.07) is 47.0. The van der Waals surface area contributed by atoms with Crippen molar-refractivity contribution in [2.45, 2.75) is 50.3 Å². The summed E-state index contributed by atoms with van der Waals surface area (Å²) in [7, 11) is -4.31. The van der Waals surface area contributed by atoms with Crippen LogP contribution in [-0.2, 0) is 48.1 Å². The second kappa shape index (κ2) is 17.9. The first-order valence-electron chi connectivity index (χ1n) is 16.5. The maximum atomic E-state index is 15.4. The van der Waals surface area contributed by atoms with E-state index in [9.17, 15) is 0 Å². The van der Waals surface area contributed by atoms with E-state index in [-0.39, 0.29) is 26.4 Å². The van der Waals surface area contributed by atoms with Crippen molar-refractivity contribution in [3.63, 3.8) is 0 Å². The Kier molecular flexibility index (Phi) is 12.7. The molecule has 8 nitrogen and oxygen atoms in total. The van der Waals surface area contributed by atoms with Gasteiger partial charge < -0.3 is 32.7 Å². The van der Waals surface area contributed by atoms with Crippen LogP contribution in [-0.4, -0.2) is 37.1 Å². The van der Waals surface area contributed by atoms with Crippen molar-refractivity contribution in [1.29, 1.82) is 0 Å². The molecule has 1 aliphatic rings. The summed E-state index contributed by atoms with van der Waals surface area (Å²) >= 11 is 0. The summed E-state index contributed by atoms with van der Waals surface area (Å²) in [6.07, 6.45) is -2.14. The van der Waals surface area contributed by atoms with Crippen LogP contribution in [0.15, 0.2) is 164 Å². The minimum atomic E-state index is -4.31. The van der Waals surface area contributed by atoms with Gasteiger partial charge in [-0.15, -0.1) is 6.58 Å². The minimum absolute atomic E-state index is 0.132. The highest BCUT2D eigenvalue weighted by Gasteiger charge is 2.58. The molecule has 1 aliphatic heterocycles. The second-order valence-electron chi connectivity index (χ2n) is 11.6. The average molecular weight is 693 g/mol. The lowest BCUT2D eigenvalue weighted by Crippen LogP contribution is -2.61. The molecule has 5 aromatic carbocycles. The van der Waals surface area contributed by atoms with Crippen molar-refractivity contribution >= 4 is 7.60 Å². The molecule has 1 fully saturated rings. The van der Waals surface area contributed by atoms with Crippen LogP contribution in [0.4, 0.5) is 0 Å². The third-order valence-corrected chi connectivity index (χ3v) is 9.94. The fourth-order valence-electron chi connectivity index (χ4n) is 5.57. The van der Waals surface area contributed by atoms with Crippen LogP contribution in [0.1, 0.15) is 16.7 Å².